The molecule has 1 aromatic rings. The number of anilines is 1. The second-order valence-electron chi connectivity index (χ2n) is 5.23. The van der Waals surface area contributed by atoms with E-state index >= 15 is 0 Å². The van der Waals surface area contributed by atoms with Crippen molar-refractivity contribution in [1.82, 2.24) is 10.3 Å². The molecule has 0 radical (unpaired) electrons. The first-order valence-corrected chi connectivity index (χ1v) is 7.07. The Bertz CT molecular complexity index is 568. The molecule has 0 bridgehead atoms. The van der Waals surface area contributed by atoms with Crippen molar-refractivity contribution in [3.05, 3.63) is 29.5 Å². The topological polar surface area (TPSA) is 54.5 Å². The number of hydrogen-bond donors (Lipinski definition) is 1. The van der Waals surface area contributed by atoms with E-state index in [1.165, 1.54) is 5.57 Å². The van der Waals surface area contributed by atoms with Crippen LogP contribution in [0.5, 0.6) is 0 Å². The van der Waals surface area contributed by atoms with Gasteiger partial charge in [-0.25, -0.2) is 10.0 Å². The molecule has 3 rings (SSSR count). The fourth-order valence-electron chi connectivity index (χ4n) is 2.89. The van der Waals surface area contributed by atoms with Crippen LogP contribution in [0.25, 0.3) is 5.57 Å². The van der Waals surface area contributed by atoms with Crippen molar-refractivity contribution in [2.75, 3.05) is 18.2 Å². The average Bonchev–Trinajstić information content (AvgIpc) is 2.43. The number of pyridine rings is 1. The van der Waals surface area contributed by atoms with Gasteiger partial charge in [0.15, 0.2) is 5.82 Å². The number of nitrogens with zero attached hydrogens (tertiary/aromatic N) is 2. The van der Waals surface area contributed by atoms with Gasteiger partial charge in [0.1, 0.15) is 0 Å². The summed E-state index contributed by atoms with van der Waals surface area (Å²) >= 11 is 0. The Morgan fingerprint density at radius 1 is 1.55 bits per heavy atom. The second-order valence-corrected chi connectivity index (χ2v) is 5.23. The summed E-state index contributed by atoms with van der Waals surface area (Å²) in [5.74, 6) is 0.932. The largest absolute Gasteiger partial charge is 0.349 e. The van der Waals surface area contributed by atoms with Gasteiger partial charge in [-0.3, -0.25) is 9.63 Å². The summed E-state index contributed by atoms with van der Waals surface area (Å²) in [5.41, 5.74) is 3.40. The molecule has 0 aliphatic carbocycles. The van der Waals surface area contributed by atoms with Crippen molar-refractivity contribution in [3.63, 3.8) is 0 Å². The van der Waals surface area contributed by atoms with Gasteiger partial charge in [-0.2, -0.15) is 0 Å². The summed E-state index contributed by atoms with van der Waals surface area (Å²) in [5, 5.41) is 4.82. The van der Waals surface area contributed by atoms with Crippen molar-refractivity contribution in [2.45, 2.75) is 32.7 Å². The molecule has 1 unspecified atom stereocenters. The van der Waals surface area contributed by atoms with E-state index in [1.54, 1.807) is 6.20 Å². The summed E-state index contributed by atoms with van der Waals surface area (Å²) in [4.78, 5) is 22.0. The maximum Gasteiger partial charge on any atom is 0.224 e. The molecule has 0 saturated heterocycles. The molecule has 0 spiro atoms. The van der Waals surface area contributed by atoms with Crippen LogP contribution >= 0.6 is 0 Å². The first-order valence-electron chi connectivity index (χ1n) is 7.07. The number of hydroxylamine groups is 1. The summed E-state index contributed by atoms with van der Waals surface area (Å²) in [7, 11) is 0. The van der Waals surface area contributed by atoms with Gasteiger partial charge in [-0.15, -0.1) is 0 Å². The number of rotatable bonds is 3. The van der Waals surface area contributed by atoms with Gasteiger partial charge in [0.2, 0.25) is 5.91 Å². The van der Waals surface area contributed by atoms with Crippen LogP contribution in [0.2, 0.25) is 0 Å². The SMILES string of the molecule is CCCON1CC2=C(c3cccnc31)C(C)NC(=O)C2. The molecule has 1 atom stereocenters. The van der Waals surface area contributed by atoms with Crippen molar-refractivity contribution >= 4 is 17.3 Å². The maximum absolute atomic E-state index is 11.7. The van der Waals surface area contributed by atoms with Crippen molar-refractivity contribution in [2.24, 2.45) is 0 Å². The lowest BCUT2D eigenvalue weighted by Gasteiger charge is -2.36. The smallest absolute Gasteiger partial charge is 0.224 e. The van der Waals surface area contributed by atoms with Crippen LogP contribution in [0, 0.1) is 0 Å². The predicted molar refractivity (Wildman–Crippen MR) is 77.0 cm³/mol. The third-order valence-electron chi connectivity index (χ3n) is 3.66. The van der Waals surface area contributed by atoms with Crippen LogP contribution in [0.3, 0.4) is 0 Å². The molecule has 0 saturated carbocycles. The molecule has 1 aromatic heterocycles. The first-order chi connectivity index (χ1) is 9.70. The van der Waals surface area contributed by atoms with Gasteiger partial charge in [-0.1, -0.05) is 6.92 Å². The average molecular weight is 273 g/mol. The molecule has 5 heteroatoms. The monoisotopic (exact) mass is 273 g/mol. The highest BCUT2D eigenvalue weighted by molar-refractivity contribution is 5.93. The number of carbonyl (C=O) groups excluding carboxylic acids is 1. The van der Waals surface area contributed by atoms with Gasteiger partial charge < -0.3 is 5.32 Å². The molecule has 1 amide bonds. The zero-order chi connectivity index (χ0) is 14.1. The lowest BCUT2D eigenvalue weighted by Crippen LogP contribution is -2.43. The summed E-state index contributed by atoms with van der Waals surface area (Å²) in [6, 6.07) is 4.01. The van der Waals surface area contributed by atoms with Crippen LogP contribution in [0.1, 0.15) is 32.3 Å². The van der Waals surface area contributed by atoms with Crippen LogP contribution in [-0.4, -0.2) is 30.1 Å². The van der Waals surface area contributed by atoms with Gasteiger partial charge in [0.05, 0.1) is 25.6 Å². The van der Waals surface area contributed by atoms with Gasteiger partial charge >= 0.3 is 0 Å². The molecule has 2 aliphatic heterocycles. The summed E-state index contributed by atoms with van der Waals surface area (Å²) in [6.07, 6.45) is 3.17. The molecule has 20 heavy (non-hydrogen) atoms. The highest BCUT2D eigenvalue weighted by atomic mass is 16.7. The normalized spacial score (nSPS) is 21.4. The molecule has 106 valence electrons. The fraction of sp³-hybridized carbons (Fsp3) is 0.467. The molecular weight excluding hydrogens is 254 g/mol. The van der Waals surface area contributed by atoms with Crippen molar-refractivity contribution < 1.29 is 9.63 Å². The van der Waals surface area contributed by atoms with Crippen LogP contribution in [-0.2, 0) is 9.63 Å². The Hall–Kier alpha value is -1.88. The third kappa shape index (κ3) is 2.18. The zero-order valence-electron chi connectivity index (χ0n) is 11.8. The minimum absolute atomic E-state index is 0.0301. The molecule has 0 aromatic carbocycles. The van der Waals surface area contributed by atoms with E-state index in [0.717, 1.165) is 23.4 Å². The number of hydrogen-bond acceptors (Lipinski definition) is 4. The van der Waals surface area contributed by atoms with Gasteiger partial charge in [0, 0.05) is 11.8 Å². The van der Waals surface area contributed by atoms with Gasteiger partial charge in [-0.05, 0) is 36.6 Å². The molecule has 2 aliphatic rings. The van der Waals surface area contributed by atoms with Crippen LogP contribution in [0.15, 0.2) is 23.9 Å². The lowest BCUT2D eigenvalue weighted by atomic mass is 9.87. The predicted octanol–water partition coefficient (Wildman–Crippen LogP) is 1.91. The Morgan fingerprint density at radius 2 is 2.40 bits per heavy atom. The molecule has 1 N–H and O–H groups in total. The quantitative estimate of drug-likeness (QED) is 0.914. The molecule has 3 heterocycles. The second kappa shape index (κ2) is 5.25. The van der Waals surface area contributed by atoms with Crippen LogP contribution < -0.4 is 10.4 Å². The maximum atomic E-state index is 11.7. The minimum atomic E-state index is 0.0301. The lowest BCUT2D eigenvalue weighted by molar-refractivity contribution is -0.121. The Balaban J connectivity index is 2.03. The Morgan fingerprint density at radius 3 is 3.20 bits per heavy atom. The van der Waals surface area contributed by atoms with Gasteiger partial charge in [0.25, 0.3) is 0 Å². The Kier molecular flexibility index (Phi) is 3.44. The number of amides is 1. The summed E-state index contributed by atoms with van der Waals surface area (Å²) < 4.78 is 0. The van der Waals surface area contributed by atoms with E-state index in [1.807, 2.05) is 24.1 Å². The number of nitrogens with one attached hydrogen (secondary N) is 1. The highest BCUT2D eigenvalue weighted by Gasteiger charge is 2.33. The fourth-order valence-corrected chi connectivity index (χ4v) is 2.89. The first kappa shape index (κ1) is 13.1. The minimum Gasteiger partial charge on any atom is -0.349 e. The van der Waals surface area contributed by atoms with E-state index in [9.17, 15) is 4.79 Å². The standard InChI is InChI=1S/C15H19N3O2/c1-3-7-20-18-9-11-8-13(19)17-10(2)14(11)12-5-4-6-16-15(12)18/h4-6,10H,3,7-9H2,1-2H3,(H,17,19). The van der Waals surface area contributed by atoms with Crippen molar-refractivity contribution in [3.8, 4) is 0 Å². The van der Waals surface area contributed by atoms with E-state index in [4.69, 9.17) is 4.84 Å². The molecular formula is C15H19N3O2. The van der Waals surface area contributed by atoms with Crippen LogP contribution in [0.4, 0.5) is 5.82 Å². The van der Waals surface area contributed by atoms with E-state index in [-0.39, 0.29) is 11.9 Å². The summed E-state index contributed by atoms with van der Waals surface area (Å²) in [6.45, 7) is 5.37. The van der Waals surface area contributed by atoms with E-state index < -0.39 is 0 Å². The van der Waals surface area contributed by atoms with E-state index in [2.05, 4.69) is 17.2 Å². The number of aromatic nitrogens is 1. The molecule has 5 nitrogen and oxygen atoms in total. The zero-order valence-corrected chi connectivity index (χ0v) is 11.8. The van der Waals surface area contributed by atoms with Crippen molar-refractivity contribution in [1.29, 1.82) is 0 Å². The van der Waals surface area contributed by atoms with E-state index in [0.29, 0.717) is 19.6 Å². The Labute approximate surface area is 118 Å². The number of carbonyl (C=O) groups is 1. The molecule has 0 fully saturated rings. The third-order valence-corrected chi connectivity index (χ3v) is 3.66. The number of fused-ring (bicyclic) bond motifs is 2. The highest BCUT2D eigenvalue weighted by Crippen LogP contribution is 2.38.